The molecule has 0 unspecified atom stereocenters. The van der Waals surface area contributed by atoms with E-state index in [1.807, 2.05) is 12.1 Å². The summed E-state index contributed by atoms with van der Waals surface area (Å²) in [5, 5.41) is 7.28. The zero-order chi connectivity index (χ0) is 34.3. The Morgan fingerprint density at radius 3 is 1.62 bits per heavy atom. The topological polar surface area (TPSA) is 23.0 Å². The Bertz CT molecular complexity index is 3190. The smallest absolute Gasteiger partial charge is 0.143 e. The molecule has 0 saturated heterocycles. The molecule has 11 aromatic rings. The van der Waals surface area contributed by atoms with Crippen LogP contribution in [0.3, 0.4) is 0 Å². The van der Waals surface area contributed by atoms with Gasteiger partial charge in [0.05, 0.1) is 22.1 Å². The highest BCUT2D eigenvalue weighted by Crippen LogP contribution is 2.40. The summed E-state index contributed by atoms with van der Waals surface area (Å²) >= 11 is 0. The van der Waals surface area contributed by atoms with Crippen molar-refractivity contribution < 1.29 is 4.42 Å². The fourth-order valence-electron chi connectivity index (χ4n) is 8.46. The number of para-hydroxylation sites is 5. The van der Waals surface area contributed by atoms with Gasteiger partial charge in [0.1, 0.15) is 11.2 Å². The molecule has 244 valence electrons. The molecule has 8 aromatic carbocycles. The lowest BCUT2D eigenvalue weighted by molar-refractivity contribution is 0.670. The summed E-state index contributed by atoms with van der Waals surface area (Å²) in [5.74, 6) is 0. The van der Waals surface area contributed by atoms with Gasteiger partial charge in [0, 0.05) is 49.3 Å². The molecule has 3 heterocycles. The molecule has 0 aliphatic rings. The van der Waals surface area contributed by atoms with Crippen LogP contribution in [0.2, 0.25) is 0 Å². The minimum atomic E-state index is 0.914. The van der Waals surface area contributed by atoms with Gasteiger partial charge in [0.25, 0.3) is 0 Å². The molecule has 0 bridgehead atoms. The van der Waals surface area contributed by atoms with E-state index in [4.69, 9.17) is 4.42 Å². The van der Waals surface area contributed by atoms with Gasteiger partial charge in [-0.1, -0.05) is 109 Å². The first-order chi connectivity index (χ1) is 25.7. The Hall–Kier alpha value is -6.84. The number of nitrogens with zero attached hydrogens (tertiary/aromatic N) is 2. The summed E-state index contributed by atoms with van der Waals surface area (Å²) in [6, 6.07) is 63.6. The Labute approximate surface area is 300 Å². The van der Waals surface area contributed by atoms with E-state index in [0.717, 1.165) is 38.8 Å². The second kappa shape index (κ2) is 11.1. The summed E-state index contributed by atoms with van der Waals surface area (Å²) in [6.45, 7) is 2.18. The number of furan rings is 1. The van der Waals surface area contributed by atoms with E-state index in [0.29, 0.717) is 0 Å². The van der Waals surface area contributed by atoms with Crippen molar-refractivity contribution in [2.45, 2.75) is 6.92 Å². The highest BCUT2D eigenvalue weighted by molar-refractivity contribution is 6.13. The number of benzene rings is 8. The van der Waals surface area contributed by atoms with E-state index in [-0.39, 0.29) is 0 Å². The molecule has 0 aliphatic carbocycles. The number of aromatic nitrogens is 2. The minimum Gasteiger partial charge on any atom is -0.455 e. The van der Waals surface area contributed by atoms with E-state index in [1.165, 1.54) is 66.0 Å². The molecule has 3 heteroatoms. The first-order valence-corrected chi connectivity index (χ1v) is 17.8. The molecule has 0 aliphatic heterocycles. The molecule has 0 fully saturated rings. The van der Waals surface area contributed by atoms with Gasteiger partial charge >= 0.3 is 0 Å². The van der Waals surface area contributed by atoms with Gasteiger partial charge in [0.15, 0.2) is 0 Å². The third-order valence-corrected chi connectivity index (χ3v) is 10.7. The van der Waals surface area contributed by atoms with Crippen LogP contribution in [0.15, 0.2) is 180 Å². The first-order valence-electron chi connectivity index (χ1n) is 17.8. The lowest BCUT2D eigenvalue weighted by Crippen LogP contribution is -1.96. The van der Waals surface area contributed by atoms with Crippen LogP contribution in [0.4, 0.5) is 0 Å². The lowest BCUT2D eigenvalue weighted by atomic mass is 9.99. The van der Waals surface area contributed by atoms with Gasteiger partial charge < -0.3 is 13.6 Å². The van der Waals surface area contributed by atoms with Crippen molar-refractivity contribution in [3.05, 3.63) is 181 Å². The Balaban J connectivity index is 1.08. The summed E-state index contributed by atoms with van der Waals surface area (Å²) < 4.78 is 11.3. The molecule has 0 N–H and O–H groups in total. The van der Waals surface area contributed by atoms with Gasteiger partial charge in [-0.05, 0) is 95.9 Å². The van der Waals surface area contributed by atoms with Crippen LogP contribution in [-0.4, -0.2) is 9.13 Å². The normalized spacial score (nSPS) is 11.9. The average molecular weight is 665 g/mol. The maximum Gasteiger partial charge on any atom is 0.143 e. The van der Waals surface area contributed by atoms with Gasteiger partial charge in [0.2, 0.25) is 0 Å². The van der Waals surface area contributed by atoms with Crippen LogP contribution in [0, 0.1) is 6.92 Å². The van der Waals surface area contributed by atoms with Crippen LogP contribution in [0.25, 0.3) is 99.2 Å². The molecule has 0 saturated carbocycles. The second-order valence-corrected chi connectivity index (χ2v) is 13.8. The number of fused-ring (bicyclic) bond motifs is 9. The van der Waals surface area contributed by atoms with Gasteiger partial charge in [-0.25, -0.2) is 0 Å². The Kier molecular flexibility index (Phi) is 6.17. The highest BCUT2D eigenvalue weighted by Gasteiger charge is 2.18. The molecule has 0 atom stereocenters. The van der Waals surface area contributed by atoms with Crippen molar-refractivity contribution in [2.24, 2.45) is 0 Å². The molecule has 3 aromatic heterocycles. The fraction of sp³-hybridized carbons (Fsp3) is 0.0204. The third-order valence-electron chi connectivity index (χ3n) is 10.7. The van der Waals surface area contributed by atoms with E-state index in [1.54, 1.807) is 0 Å². The van der Waals surface area contributed by atoms with Gasteiger partial charge in [-0.2, -0.15) is 0 Å². The summed E-state index contributed by atoms with van der Waals surface area (Å²) in [5.41, 5.74) is 14.8. The van der Waals surface area contributed by atoms with Gasteiger partial charge in [-0.3, -0.25) is 0 Å². The minimum absolute atomic E-state index is 0.914. The molecule has 52 heavy (non-hydrogen) atoms. The Morgan fingerprint density at radius 1 is 0.365 bits per heavy atom. The second-order valence-electron chi connectivity index (χ2n) is 13.8. The van der Waals surface area contributed by atoms with Crippen molar-refractivity contribution >= 4 is 65.6 Å². The van der Waals surface area contributed by atoms with Crippen LogP contribution in [0.1, 0.15) is 5.56 Å². The lowest BCUT2D eigenvalue weighted by Gasteiger charge is -2.13. The van der Waals surface area contributed by atoms with E-state index in [2.05, 4.69) is 180 Å². The molecule has 11 rings (SSSR count). The van der Waals surface area contributed by atoms with Crippen LogP contribution in [-0.2, 0) is 0 Å². The molecule has 3 nitrogen and oxygen atoms in total. The zero-order valence-electron chi connectivity index (χ0n) is 28.5. The van der Waals surface area contributed by atoms with Crippen molar-refractivity contribution in [1.29, 1.82) is 0 Å². The summed E-state index contributed by atoms with van der Waals surface area (Å²) in [4.78, 5) is 0. The maximum absolute atomic E-state index is 6.47. The zero-order valence-corrected chi connectivity index (χ0v) is 28.5. The van der Waals surface area contributed by atoms with E-state index in [9.17, 15) is 0 Å². The number of hydrogen-bond acceptors (Lipinski definition) is 1. The molecular weight excluding hydrogens is 633 g/mol. The molecule has 0 radical (unpaired) electrons. The van der Waals surface area contributed by atoms with Gasteiger partial charge in [-0.15, -0.1) is 0 Å². The van der Waals surface area contributed by atoms with E-state index >= 15 is 0 Å². The summed E-state index contributed by atoms with van der Waals surface area (Å²) in [7, 11) is 0. The Morgan fingerprint density at radius 2 is 0.923 bits per heavy atom. The monoisotopic (exact) mass is 664 g/mol. The number of aryl methyl sites for hydroxylation is 1. The third kappa shape index (κ3) is 4.26. The average Bonchev–Trinajstić information content (AvgIpc) is 3.85. The summed E-state index contributed by atoms with van der Waals surface area (Å²) in [6.07, 6.45) is 0. The quantitative estimate of drug-likeness (QED) is 0.184. The molecular formula is C49H32N2O. The SMILES string of the molecule is Cc1cc(-c2cccc3c2oc2ccccc23)cc(-n2c3ccccc3c3cc(-c4ccc5c(c4)c4ccccc4n5-c4ccccc4)ccc32)c1. The predicted molar refractivity (Wildman–Crippen MR) is 218 cm³/mol. The number of hydrogen-bond donors (Lipinski definition) is 0. The van der Waals surface area contributed by atoms with Crippen LogP contribution in [0.5, 0.6) is 0 Å². The number of rotatable bonds is 4. The van der Waals surface area contributed by atoms with Crippen molar-refractivity contribution in [2.75, 3.05) is 0 Å². The van der Waals surface area contributed by atoms with Crippen molar-refractivity contribution in [3.8, 4) is 33.6 Å². The van der Waals surface area contributed by atoms with Crippen molar-refractivity contribution in [1.82, 2.24) is 9.13 Å². The maximum atomic E-state index is 6.47. The van der Waals surface area contributed by atoms with Crippen molar-refractivity contribution in [3.63, 3.8) is 0 Å². The van der Waals surface area contributed by atoms with Crippen LogP contribution >= 0.6 is 0 Å². The first kappa shape index (κ1) is 28.9. The highest BCUT2D eigenvalue weighted by atomic mass is 16.3. The molecule has 0 spiro atoms. The molecule has 0 amide bonds. The predicted octanol–water partition coefficient (Wildman–Crippen LogP) is 13.4. The standard InChI is InChI=1S/C49H32N2O/c1-31-26-34(37-17-11-18-41-40-16-7-10-21-48(40)52-49(37)41)28-36(27-31)51-45-20-9-6-15-39(45)43-30-33(23-25-47(43)51)32-22-24-46-42(29-32)38-14-5-8-19-44(38)50(46)35-12-3-2-4-13-35/h2-30H,1H3. The van der Waals surface area contributed by atoms with E-state index < -0.39 is 0 Å². The largest absolute Gasteiger partial charge is 0.455 e. The fourth-order valence-corrected chi connectivity index (χ4v) is 8.46. The van der Waals surface area contributed by atoms with Crippen LogP contribution < -0.4 is 0 Å².